The smallest absolute Gasteiger partial charge is 0.312 e. The molecule has 1 aliphatic rings. The summed E-state index contributed by atoms with van der Waals surface area (Å²) < 4.78 is 0. The van der Waals surface area contributed by atoms with Crippen LogP contribution in [0.15, 0.2) is 24.6 Å². The van der Waals surface area contributed by atoms with Crippen LogP contribution in [0.1, 0.15) is 0 Å². The number of allylic oxidation sites excluding steroid dienone is 2. The molecule has 0 radical (unpaired) electrons. The van der Waals surface area contributed by atoms with Crippen LogP contribution >= 0.6 is 0 Å². The lowest BCUT2D eigenvalue weighted by atomic mass is 10.5. The van der Waals surface area contributed by atoms with Gasteiger partial charge in [0.2, 0.25) is 0 Å². The van der Waals surface area contributed by atoms with Crippen molar-refractivity contribution in [2.24, 2.45) is 0 Å². The molecule has 1 N–H and O–H groups in total. The van der Waals surface area contributed by atoms with Crippen molar-refractivity contribution >= 4 is 6.09 Å². The Bertz CT molecular complexity index is 223. The highest BCUT2D eigenvalue weighted by molar-refractivity contribution is 5.66. The molecule has 0 saturated heterocycles. The largest absolute Gasteiger partial charge is 0.435 e. The van der Waals surface area contributed by atoms with Crippen molar-refractivity contribution in [3.8, 4) is 0 Å². The summed E-state index contributed by atoms with van der Waals surface area (Å²) in [6.45, 7) is 0. The second-order valence-corrected chi connectivity index (χ2v) is 2.41. The van der Waals surface area contributed by atoms with Gasteiger partial charge in [-0.1, -0.05) is 0 Å². The Morgan fingerprint density at radius 1 is 1.50 bits per heavy atom. The zero-order chi connectivity index (χ0) is 8.97. The lowest BCUT2D eigenvalue weighted by Crippen LogP contribution is -2.36. The lowest BCUT2D eigenvalue weighted by Gasteiger charge is -2.21. The van der Waals surface area contributed by atoms with E-state index in [0.29, 0.717) is 0 Å². The fraction of sp³-hybridized carbons (Fsp3) is 0.286. The predicted octanol–water partition coefficient (Wildman–Crippen LogP) is 0.447. The lowest BCUT2D eigenvalue weighted by molar-refractivity contribution is -0.0970. The molecule has 1 rings (SSSR count). The van der Waals surface area contributed by atoms with Gasteiger partial charge in [0.15, 0.2) is 0 Å². The number of hydroxylamine groups is 1. The Hall–Kier alpha value is -1.65. The number of carbonyl (C=O) groups excluding carboxylic acids is 1. The van der Waals surface area contributed by atoms with Crippen molar-refractivity contribution < 1.29 is 9.63 Å². The number of rotatable bonds is 1. The Morgan fingerprint density at radius 3 is 2.75 bits per heavy atom. The monoisotopic (exact) mass is 169 g/mol. The first-order chi connectivity index (χ1) is 5.70. The summed E-state index contributed by atoms with van der Waals surface area (Å²) in [5.74, 6) is 0. The summed E-state index contributed by atoms with van der Waals surface area (Å²) in [6.07, 6.45) is 6.37. The van der Waals surface area contributed by atoms with E-state index >= 15 is 0 Å². The quantitative estimate of drug-likeness (QED) is 0.619. The van der Waals surface area contributed by atoms with Crippen molar-refractivity contribution in [1.29, 1.82) is 0 Å². The van der Waals surface area contributed by atoms with Crippen molar-refractivity contribution in [1.82, 2.24) is 15.5 Å². The second-order valence-electron chi connectivity index (χ2n) is 2.41. The molecule has 0 aromatic rings. The molecule has 1 amide bonds. The molecule has 0 unspecified atom stereocenters. The average Bonchev–Trinajstić information content (AvgIpc) is 2.06. The number of hydrogen-bond donors (Lipinski definition) is 1. The van der Waals surface area contributed by atoms with Gasteiger partial charge in [0.1, 0.15) is 0 Å². The van der Waals surface area contributed by atoms with Crippen molar-refractivity contribution in [2.45, 2.75) is 0 Å². The van der Waals surface area contributed by atoms with Crippen molar-refractivity contribution in [2.75, 3.05) is 14.1 Å². The topological polar surface area (TPSA) is 44.8 Å². The third kappa shape index (κ3) is 2.19. The van der Waals surface area contributed by atoms with Crippen LogP contribution in [0, 0.1) is 0 Å². The molecular weight excluding hydrogens is 158 g/mol. The van der Waals surface area contributed by atoms with E-state index in [9.17, 15) is 4.79 Å². The average molecular weight is 169 g/mol. The van der Waals surface area contributed by atoms with E-state index in [0.717, 1.165) is 0 Å². The molecule has 1 aliphatic heterocycles. The predicted molar refractivity (Wildman–Crippen MR) is 43.4 cm³/mol. The summed E-state index contributed by atoms with van der Waals surface area (Å²) in [5.41, 5.74) is 2.70. The minimum absolute atomic E-state index is 0.428. The standard InChI is InChI=1S/C7H11N3O2/c1-9(2)7(11)12-10-6-4-3-5-8-10/h3-6,8H,1-2H3. The Morgan fingerprint density at radius 2 is 2.25 bits per heavy atom. The molecule has 5 heteroatoms. The fourth-order valence-corrected chi connectivity index (χ4v) is 0.566. The van der Waals surface area contributed by atoms with Crippen molar-refractivity contribution in [3.63, 3.8) is 0 Å². The van der Waals surface area contributed by atoms with Gasteiger partial charge in [-0.15, -0.1) is 5.17 Å². The number of nitrogens with zero attached hydrogens (tertiary/aromatic N) is 2. The molecule has 0 aromatic carbocycles. The van der Waals surface area contributed by atoms with Gasteiger partial charge in [0, 0.05) is 20.3 Å². The minimum Gasteiger partial charge on any atom is -0.312 e. The highest BCUT2D eigenvalue weighted by Crippen LogP contribution is 1.96. The van der Waals surface area contributed by atoms with Gasteiger partial charge in [0.25, 0.3) is 0 Å². The fourth-order valence-electron chi connectivity index (χ4n) is 0.566. The van der Waals surface area contributed by atoms with Gasteiger partial charge in [-0.3, -0.25) is 5.43 Å². The van der Waals surface area contributed by atoms with E-state index in [1.54, 1.807) is 38.6 Å². The maximum Gasteiger partial charge on any atom is 0.435 e. The van der Waals surface area contributed by atoms with Crippen molar-refractivity contribution in [3.05, 3.63) is 24.6 Å². The van der Waals surface area contributed by atoms with Crippen LogP contribution in [-0.2, 0) is 4.84 Å². The first-order valence-corrected chi connectivity index (χ1v) is 3.48. The minimum atomic E-state index is -0.428. The highest BCUT2D eigenvalue weighted by atomic mass is 16.7. The van der Waals surface area contributed by atoms with E-state index in [1.165, 1.54) is 10.1 Å². The number of carbonyl (C=O) groups is 1. The number of nitrogens with one attached hydrogen (secondary N) is 1. The normalized spacial score (nSPS) is 14.0. The molecule has 0 aromatic heterocycles. The summed E-state index contributed by atoms with van der Waals surface area (Å²) in [7, 11) is 3.23. The zero-order valence-corrected chi connectivity index (χ0v) is 7.02. The van der Waals surface area contributed by atoms with E-state index in [2.05, 4.69) is 5.43 Å². The molecule has 0 saturated carbocycles. The van der Waals surface area contributed by atoms with E-state index in [4.69, 9.17) is 4.84 Å². The maximum absolute atomic E-state index is 11.0. The number of hydrogen-bond acceptors (Lipinski definition) is 4. The SMILES string of the molecule is CN(C)C(=O)ON1C=CC=CN1. The van der Waals surface area contributed by atoms with Gasteiger partial charge in [-0.2, -0.15) is 0 Å². The van der Waals surface area contributed by atoms with Gasteiger partial charge in [-0.05, 0) is 12.2 Å². The summed E-state index contributed by atoms with van der Waals surface area (Å²) in [4.78, 5) is 17.1. The maximum atomic E-state index is 11.0. The number of amides is 1. The molecule has 0 fully saturated rings. The van der Waals surface area contributed by atoms with E-state index < -0.39 is 6.09 Å². The molecule has 1 heterocycles. The molecule has 66 valence electrons. The van der Waals surface area contributed by atoms with Crippen LogP contribution in [0.2, 0.25) is 0 Å². The van der Waals surface area contributed by atoms with Crippen LogP contribution in [0.25, 0.3) is 0 Å². The Kier molecular flexibility index (Phi) is 2.57. The summed E-state index contributed by atoms with van der Waals surface area (Å²) >= 11 is 0. The summed E-state index contributed by atoms with van der Waals surface area (Å²) in [6, 6.07) is 0. The Balaban J connectivity index is 2.37. The van der Waals surface area contributed by atoms with E-state index in [1.807, 2.05) is 0 Å². The molecule has 0 atom stereocenters. The molecule has 0 bridgehead atoms. The van der Waals surface area contributed by atoms with Crippen LogP contribution in [0.3, 0.4) is 0 Å². The first-order valence-electron chi connectivity index (χ1n) is 3.48. The Labute approximate surface area is 70.8 Å². The second kappa shape index (κ2) is 3.66. The summed E-state index contributed by atoms with van der Waals surface area (Å²) in [5, 5.41) is 1.22. The van der Waals surface area contributed by atoms with Gasteiger partial charge in [0.05, 0.1) is 6.20 Å². The van der Waals surface area contributed by atoms with Crippen LogP contribution in [0.4, 0.5) is 4.79 Å². The van der Waals surface area contributed by atoms with Gasteiger partial charge in [-0.25, -0.2) is 4.79 Å². The molecule has 0 aliphatic carbocycles. The third-order valence-corrected chi connectivity index (χ3v) is 1.17. The van der Waals surface area contributed by atoms with Crippen LogP contribution in [-0.4, -0.2) is 30.3 Å². The zero-order valence-electron chi connectivity index (χ0n) is 7.02. The van der Waals surface area contributed by atoms with Crippen LogP contribution in [0.5, 0.6) is 0 Å². The van der Waals surface area contributed by atoms with Gasteiger partial charge < -0.3 is 9.74 Å². The van der Waals surface area contributed by atoms with E-state index in [-0.39, 0.29) is 0 Å². The van der Waals surface area contributed by atoms with Gasteiger partial charge >= 0.3 is 6.09 Å². The third-order valence-electron chi connectivity index (χ3n) is 1.17. The molecular formula is C7H11N3O2. The molecule has 0 spiro atoms. The number of hydrazine groups is 1. The molecule has 12 heavy (non-hydrogen) atoms. The molecule has 5 nitrogen and oxygen atoms in total. The van der Waals surface area contributed by atoms with Crippen LogP contribution < -0.4 is 5.43 Å². The first kappa shape index (κ1) is 8.45. The highest BCUT2D eigenvalue weighted by Gasteiger charge is 2.09.